The Balaban J connectivity index is 2.28. The number of rotatable bonds is 2. The summed E-state index contributed by atoms with van der Waals surface area (Å²) in [6, 6.07) is 4.72. The van der Waals surface area contributed by atoms with Crippen LogP contribution < -0.4 is 5.32 Å². The summed E-state index contributed by atoms with van der Waals surface area (Å²) in [7, 11) is 0. The molecule has 4 nitrogen and oxygen atoms in total. The minimum absolute atomic E-state index is 0.113. The number of amides is 2. The molecule has 0 radical (unpaired) electrons. The number of nitrogens with zero attached hydrogens (tertiary/aromatic N) is 1. The quantitative estimate of drug-likeness (QED) is 0.842. The molecule has 1 N–H and O–H groups in total. The summed E-state index contributed by atoms with van der Waals surface area (Å²) in [6.45, 7) is 3.91. The van der Waals surface area contributed by atoms with Crippen molar-refractivity contribution in [2.24, 2.45) is 0 Å². The number of hydrogen-bond acceptors (Lipinski definition) is 3. The van der Waals surface area contributed by atoms with Gasteiger partial charge in [0.1, 0.15) is 5.82 Å². The largest absolute Gasteiger partial charge is 0.294 e. The predicted octanol–water partition coefficient (Wildman–Crippen LogP) is 1.83. The van der Waals surface area contributed by atoms with E-state index < -0.39 is 5.54 Å². The van der Waals surface area contributed by atoms with Crippen LogP contribution in [0.3, 0.4) is 0 Å². The van der Waals surface area contributed by atoms with E-state index in [1.165, 1.54) is 6.07 Å². The van der Waals surface area contributed by atoms with Gasteiger partial charge in [0.15, 0.2) is 0 Å². The Morgan fingerprint density at radius 1 is 1.42 bits per heavy atom. The van der Waals surface area contributed by atoms with Crippen molar-refractivity contribution in [1.29, 1.82) is 0 Å². The van der Waals surface area contributed by atoms with Crippen LogP contribution in [0.4, 0.5) is 4.39 Å². The molecule has 0 saturated carbocycles. The first kappa shape index (κ1) is 14.1. The Kier molecular flexibility index (Phi) is 3.73. The van der Waals surface area contributed by atoms with Gasteiger partial charge in [0, 0.05) is 6.54 Å². The van der Waals surface area contributed by atoms with Crippen LogP contribution in [0.5, 0.6) is 0 Å². The Morgan fingerprint density at radius 3 is 2.79 bits per heavy atom. The third-order valence-corrected chi connectivity index (χ3v) is 4.21. The van der Waals surface area contributed by atoms with Gasteiger partial charge in [0.25, 0.3) is 0 Å². The van der Waals surface area contributed by atoms with E-state index in [4.69, 9.17) is 0 Å². The van der Waals surface area contributed by atoms with Gasteiger partial charge in [-0.25, -0.2) is 4.39 Å². The van der Waals surface area contributed by atoms with Crippen molar-refractivity contribution in [3.63, 3.8) is 0 Å². The molecule has 1 heterocycles. The second-order valence-corrected chi connectivity index (χ2v) is 5.80. The number of imide groups is 1. The Morgan fingerprint density at radius 2 is 2.11 bits per heavy atom. The number of halogens is 2. The lowest BCUT2D eigenvalue weighted by molar-refractivity contribution is -0.145. The minimum Gasteiger partial charge on any atom is -0.294 e. The van der Waals surface area contributed by atoms with Crippen LogP contribution in [0, 0.1) is 5.82 Å². The Bertz CT molecular complexity index is 545. The van der Waals surface area contributed by atoms with E-state index in [0.29, 0.717) is 16.6 Å². The van der Waals surface area contributed by atoms with Crippen molar-refractivity contribution in [3.05, 3.63) is 34.1 Å². The van der Waals surface area contributed by atoms with Crippen molar-refractivity contribution >= 4 is 27.7 Å². The molecule has 0 aliphatic carbocycles. The van der Waals surface area contributed by atoms with E-state index in [9.17, 15) is 14.0 Å². The highest BCUT2D eigenvalue weighted by Gasteiger charge is 2.40. The topological polar surface area (TPSA) is 49.4 Å². The maximum absolute atomic E-state index is 13.5. The Labute approximate surface area is 119 Å². The first-order chi connectivity index (χ1) is 8.82. The zero-order valence-electron chi connectivity index (χ0n) is 10.7. The molecule has 1 aromatic carbocycles. The van der Waals surface area contributed by atoms with Gasteiger partial charge in [-0.05, 0) is 41.4 Å². The molecular weight excluding hydrogens is 315 g/mol. The molecule has 1 fully saturated rings. The monoisotopic (exact) mass is 328 g/mol. The van der Waals surface area contributed by atoms with Gasteiger partial charge in [-0.3, -0.25) is 19.8 Å². The summed E-state index contributed by atoms with van der Waals surface area (Å²) in [6.07, 6.45) is 0. The summed E-state index contributed by atoms with van der Waals surface area (Å²) in [5, 5.41) is 2.31. The number of benzene rings is 1. The average molecular weight is 329 g/mol. The van der Waals surface area contributed by atoms with Crippen molar-refractivity contribution in [3.8, 4) is 0 Å². The van der Waals surface area contributed by atoms with Crippen LogP contribution in [0.2, 0.25) is 0 Å². The summed E-state index contributed by atoms with van der Waals surface area (Å²) < 4.78 is 13.8. The summed E-state index contributed by atoms with van der Waals surface area (Å²) in [4.78, 5) is 25.0. The molecule has 1 saturated heterocycles. The molecule has 0 bridgehead atoms. The van der Waals surface area contributed by atoms with Crippen LogP contribution in [-0.2, 0) is 16.1 Å². The van der Waals surface area contributed by atoms with Gasteiger partial charge in [-0.1, -0.05) is 12.1 Å². The number of nitrogens with one attached hydrogen (secondary N) is 1. The molecule has 1 aromatic rings. The Hall–Kier alpha value is -1.27. The zero-order valence-corrected chi connectivity index (χ0v) is 12.3. The van der Waals surface area contributed by atoms with Crippen molar-refractivity contribution in [2.45, 2.75) is 25.9 Å². The number of piperazine rings is 1. The SMILES string of the molecule is CC1(C)C(=O)NC(=O)CN1Cc1cccc(F)c1Br. The molecule has 2 amide bonds. The zero-order chi connectivity index (χ0) is 14.2. The molecule has 2 rings (SSSR count). The summed E-state index contributed by atoms with van der Waals surface area (Å²) in [5.74, 6) is -1.03. The maximum atomic E-state index is 13.5. The smallest absolute Gasteiger partial charge is 0.246 e. The van der Waals surface area contributed by atoms with E-state index in [1.807, 2.05) is 0 Å². The van der Waals surface area contributed by atoms with Crippen LogP contribution in [-0.4, -0.2) is 28.8 Å². The molecule has 0 unspecified atom stereocenters. The number of hydrogen-bond donors (Lipinski definition) is 1. The third-order valence-electron chi connectivity index (χ3n) is 3.33. The highest BCUT2D eigenvalue weighted by molar-refractivity contribution is 9.10. The highest BCUT2D eigenvalue weighted by atomic mass is 79.9. The van der Waals surface area contributed by atoms with Crippen LogP contribution in [0.15, 0.2) is 22.7 Å². The van der Waals surface area contributed by atoms with Gasteiger partial charge in [-0.2, -0.15) is 0 Å². The molecule has 102 valence electrons. The molecule has 0 spiro atoms. The van der Waals surface area contributed by atoms with E-state index in [-0.39, 0.29) is 24.2 Å². The van der Waals surface area contributed by atoms with Crippen LogP contribution in [0.25, 0.3) is 0 Å². The van der Waals surface area contributed by atoms with Gasteiger partial charge < -0.3 is 0 Å². The molecule has 6 heteroatoms. The predicted molar refractivity (Wildman–Crippen MR) is 71.7 cm³/mol. The fourth-order valence-electron chi connectivity index (χ4n) is 1.96. The van der Waals surface area contributed by atoms with Crippen LogP contribution in [0.1, 0.15) is 19.4 Å². The number of carbonyl (C=O) groups excluding carboxylic acids is 2. The van der Waals surface area contributed by atoms with Crippen LogP contribution >= 0.6 is 15.9 Å². The van der Waals surface area contributed by atoms with E-state index in [0.717, 1.165) is 0 Å². The second-order valence-electron chi connectivity index (χ2n) is 5.01. The average Bonchev–Trinajstić information content (AvgIpc) is 2.32. The number of carbonyl (C=O) groups is 2. The van der Waals surface area contributed by atoms with E-state index in [2.05, 4.69) is 21.2 Å². The molecular formula is C13H14BrFN2O2. The molecule has 0 aromatic heterocycles. The normalized spacial score (nSPS) is 19.4. The standard InChI is InChI=1S/C13H14BrFN2O2/c1-13(2)12(19)16-10(18)7-17(13)6-8-4-3-5-9(15)11(8)14/h3-5H,6-7H2,1-2H3,(H,16,18,19). The fourth-order valence-corrected chi connectivity index (χ4v) is 2.35. The molecule has 0 atom stereocenters. The maximum Gasteiger partial charge on any atom is 0.246 e. The second kappa shape index (κ2) is 5.02. The molecule has 1 aliphatic heterocycles. The van der Waals surface area contributed by atoms with Gasteiger partial charge >= 0.3 is 0 Å². The lowest BCUT2D eigenvalue weighted by Crippen LogP contribution is -2.63. The van der Waals surface area contributed by atoms with Crippen molar-refractivity contribution in [2.75, 3.05) is 6.54 Å². The van der Waals surface area contributed by atoms with E-state index in [1.54, 1.807) is 30.9 Å². The van der Waals surface area contributed by atoms with Gasteiger partial charge in [0.2, 0.25) is 11.8 Å². The minimum atomic E-state index is -0.806. The van der Waals surface area contributed by atoms with Crippen molar-refractivity contribution < 1.29 is 14.0 Å². The molecule has 1 aliphatic rings. The summed E-state index contributed by atoms with van der Waals surface area (Å²) >= 11 is 3.19. The first-order valence-electron chi connectivity index (χ1n) is 5.84. The third kappa shape index (κ3) is 2.69. The highest BCUT2D eigenvalue weighted by Crippen LogP contribution is 2.26. The molecule has 19 heavy (non-hydrogen) atoms. The van der Waals surface area contributed by atoms with Gasteiger partial charge in [-0.15, -0.1) is 0 Å². The van der Waals surface area contributed by atoms with Gasteiger partial charge in [0.05, 0.1) is 16.6 Å². The first-order valence-corrected chi connectivity index (χ1v) is 6.64. The fraction of sp³-hybridized carbons (Fsp3) is 0.385. The lowest BCUT2D eigenvalue weighted by atomic mass is 9.97. The van der Waals surface area contributed by atoms with E-state index >= 15 is 0 Å². The summed E-state index contributed by atoms with van der Waals surface area (Å²) in [5.41, 5.74) is -0.102. The van der Waals surface area contributed by atoms with Crippen molar-refractivity contribution in [1.82, 2.24) is 10.2 Å². The lowest BCUT2D eigenvalue weighted by Gasteiger charge is -2.40.